The Morgan fingerprint density at radius 2 is 2.09 bits per heavy atom. The van der Waals surface area contributed by atoms with Crippen LogP contribution in [-0.4, -0.2) is 51.2 Å². The van der Waals surface area contributed by atoms with Gasteiger partial charge in [-0.05, 0) is 50.4 Å². The van der Waals surface area contributed by atoms with Gasteiger partial charge in [0.25, 0.3) is 0 Å². The molecule has 3 heterocycles. The van der Waals surface area contributed by atoms with Crippen LogP contribution < -0.4 is 10.6 Å². The number of alkyl halides is 2. The number of aromatic nitrogens is 2. The summed E-state index contributed by atoms with van der Waals surface area (Å²) in [5.41, 5.74) is 1.27. The molecule has 2 aromatic rings. The Balaban J connectivity index is 1.60. The van der Waals surface area contributed by atoms with Gasteiger partial charge in [-0.25, -0.2) is 13.8 Å². The molecule has 4 N–H and O–H groups in total. The van der Waals surface area contributed by atoms with E-state index >= 15 is 0 Å². The number of anilines is 2. The molecule has 7 nitrogen and oxygen atoms in total. The third-order valence-corrected chi connectivity index (χ3v) is 6.49. The summed E-state index contributed by atoms with van der Waals surface area (Å²) in [5.74, 6) is -3.36. The van der Waals surface area contributed by atoms with Gasteiger partial charge in [0.2, 0.25) is 11.9 Å². The highest BCUT2D eigenvalue weighted by Gasteiger charge is 2.35. The molecular formula is C25H30F3N5O2. The highest BCUT2D eigenvalue weighted by Crippen LogP contribution is 2.34. The Labute approximate surface area is 202 Å². The molecule has 10 heteroatoms. The summed E-state index contributed by atoms with van der Waals surface area (Å²) in [5, 5.41) is 15.7. The number of pyridine rings is 1. The van der Waals surface area contributed by atoms with E-state index in [0.29, 0.717) is 36.4 Å². The quantitative estimate of drug-likeness (QED) is 0.322. The van der Waals surface area contributed by atoms with Gasteiger partial charge in [-0.3, -0.25) is 9.79 Å². The highest BCUT2D eigenvalue weighted by molar-refractivity contribution is 6.19. The number of aromatic amines is 1. The molecule has 0 bridgehead atoms. The SMILES string of the molecule is CC[C@H](CO)N=C1CCC=CNc2[nH]cc(C(=O)c3ccc(NC4CCC(F)(F)CC4)nc3F)c21. The van der Waals surface area contributed by atoms with Gasteiger partial charge >= 0.3 is 0 Å². The predicted octanol–water partition coefficient (Wildman–Crippen LogP) is 5.05. The molecule has 0 amide bonds. The van der Waals surface area contributed by atoms with Crippen molar-refractivity contribution in [2.24, 2.45) is 4.99 Å². The summed E-state index contributed by atoms with van der Waals surface area (Å²) in [7, 11) is 0. The van der Waals surface area contributed by atoms with Crippen LogP contribution in [0.1, 0.15) is 73.4 Å². The summed E-state index contributed by atoms with van der Waals surface area (Å²) in [4.78, 5) is 25.0. The minimum Gasteiger partial charge on any atom is -0.394 e. The normalized spacial score (nSPS) is 20.0. The van der Waals surface area contributed by atoms with Crippen molar-refractivity contribution in [1.29, 1.82) is 0 Å². The van der Waals surface area contributed by atoms with Gasteiger partial charge in [0, 0.05) is 36.4 Å². The Morgan fingerprint density at radius 3 is 2.77 bits per heavy atom. The van der Waals surface area contributed by atoms with Gasteiger partial charge < -0.3 is 20.7 Å². The van der Waals surface area contributed by atoms with Crippen LogP contribution in [0.25, 0.3) is 0 Å². The van der Waals surface area contributed by atoms with Crippen molar-refractivity contribution in [3.05, 3.63) is 53.2 Å². The van der Waals surface area contributed by atoms with E-state index in [4.69, 9.17) is 0 Å². The number of rotatable bonds is 7. The first kappa shape index (κ1) is 25.0. The highest BCUT2D eigenvalue weighted by atomic mass is 19.3. The van der Waals surface area contributed by atoms with E-state index in [2.05, 4.69) is 25.6 Å². The van der Waals surface area contributed by atoms with Crippen LogP contribution in [0.3, 0.4) is 0 Å². The van der Waals surface area contributed by atoms with Crippen molar-refractivity contribution in [3.63, 3.8) is 0 Å². The van der Waals surface area contributed by atoms with Crippen molar-refractivity contribution in [1.82, 2.24) is 9.97 Å². The Morgan fingerprint density at radius 1 is 1.31 bits per heavy atom. The van der Waals surface area contributed by atoms with Crippen molar-refractivity contribution >= 4 is 23.1 Å². The van der Waals surface area contributed by atoms with Crippen LogP contribution in [0.5, 0.6) is 0 Å². The lowest BCUT2D eigenvalue weighted by molar-refractivity contribution is -0.0361. The van der Waals surface area contributed by atoms with Gasteiger partial charge in [0.15, 0.2) is 5.78 Å². The van der Waals surface area contributed by atoms with E-state index in [1.165, 1.54) is 18.3 Å². The summed E-state index contributed by atoms with van der Waals surface area (Å²) < 4.78 is 41.8. The zero-order valence-electron chi connectivity index (χ0n) is 19.6. The number of fused-ring (bicyclic) bond motifs is 1. The van der Waals surface area contributed by atoms with Crippen molar-refractivity contribution in [2.45, 2.75) is 69.9 Å². The van der Waals surface area contributed by atoms with Crippen LogP contribution in [-0.2, 0) is 0 Å². The number of allylic oxidation sites excluding steroid dienone is 1. The fourth-order valence-electron chi connectivity index (χ4n) is 4.42. The maximum absolute atomic E-state index is 15.0. The van der Waals surface area contributed by atoms with Gasteiger partial charge in [-0.15, -0.1) is 0 Å². The number of nitrogens with one attached hydrogen (secondary N) is 3. The van der Waals surface area contributed by atoms with Crippen LogP contribution in [0.4, 0.5) is 24.8 Å². The number of H-pyrrole nitrogens is 1. The number of hydrogen-bond acceptors (Lipinski definition) is 6. The summed E-state index contributed by atoms with van der Waals surface area (Å²) in [6.45, 7) is 1.81. The van der Waals surface area contributed by atoms with E-state index in [9.17, 15) is 23.1 Å². The molecule has 2 aromatic heterocycles. The Kier molecular flexibility index (Phi) is 7.59. The van der Waals surface area contributed by atoms with Crippen LogP contribution in [0.15, 0.2) is 35.6 Å². The van der Waals surface area contributed by atoms with Crippen molar-refractivity contribution < 1.29 is 23.1 Å². The monoisotopic (exact) mass is 489 g/mol. The van der Waals surface area contributed by atoms with E-state index < -0.39 is 17.7 Å². The Hall–Kier alpha value is -3.14. The second kappa shape index (κ2) is 10.6. The number of nitrogens with zero attached hydrogens (tertiary/aromatic N) is 2. The summed E-state index contributed by atoms with van der Waals surface area (Å²) in [6, 6.07) is 2.33. The molecule has 2 aliphatic rings. The fourth-order valence-corrected chi connectivity index (χ4v) is 4.42. The Bertz CT molecular complexity index is 1110. The standard InChI is InChI=1S/C25H30F3N5O2/c1-2-15(14-34)31-19-5-3-4-12-29-24-21(19)18(13-30-24)22(35)17-6-7-20(33-23(17)26)32-16-8-10-25(27,28)11-9-16/h4,6-7,12-13,15-16,29-30,34H,2-3,5,8-11,14H2,1H3,(H,32,33)/t15-/m1/s1. The van der Waals surface area contributed by atoms with Crippen molar-refractivity contribution in [3.8, 4) is 0 Å². The average molecular weight is 490 g/mol. The van der Waals surface area contributed by atoms with Gasteiger partial charge in [-0.2, -0.15) is 4.39 Å². The zero-order valence-corrected chi connectivity index (χ0v) is 19.6. The summed E-state index contributed by atoms with van der Waals surface area (Å²) >= 11 is 0. The first-order valence-corrected chi connectivity index (χ1v) is 12.0. The number of carbonyl (C=O) groups excluding carboxylic acids is 1. The largest absolute Gasteiger partial charge is 0.394 e. The number of aliphatic hydroxyl groups excluding tert-OH is 1. The minimum absolute atomic E-state index is 0.113. The average Bonchev–Trinajstić information content (AvgIpc) is 3.23. The lowest BCUT2D eigenvalue weighted by atomic mass is 9.92. The van der Waals surface area contributed by atoms with Crippen LogP contribution in [0.2, 0.25) is 0 Å². The molecule has 0 spiro atoms. The second-order valence-electron chi connectivity index (χ2n) is 9.00. The molecule has 1 aliphatic carbocycles. The molecule has 35 heavy (non-hydrogen) atoms. The molecule has 1 fully saturated rings. The minimum atomic E-state index is -2.65. The number of aliphatic imine (C=N–C) groups is 1. The molecule has 1 atom stereocenters. The maximum atomic E-state index is 15.0. The topological polar surface area (TPSA) is 102 Å². The van der Waals surface area contributed by atoms with E-state index in [-0.39, 0.29) is 61.3 Å². The first-order valence-electron chi connectivity index (χ1n) is 12.0. The van der Waals surface area contributed by atoms with E-state index in [0.717, 1.165) is 0 Å². The molecule has 1 saturated carbocycles. The molecule has 188 valence electrons. The predicted molar refractivity (Wildman–Crippen MR) is 129 cm³/mol. The molecular weight excluding hydrogens is 459 g/mol. The first-order chi connectivity index (χ1) is 16.8. The maximum Gasteiger partial charge on any atom is 0.248 e. The van der Waals surface area contributed by atoms with Gasteiger partial charge in [-0.1, -0.05) is 13.0 Å². The number of carbonyl (C=O) groups is 1. The lowest BCUT2D eigenvalue weighted by Crippen LogP contribution is -2.32. The molecule has 4 rings (SSSR count). The number of hydrogen-bond donors (Lipinski definition) is 4. The van der Waals surface area contributed by atoms with Gasteiger partial charge in [0.05, 0.1) is 23.8 Å². The second-order valence-corrected chi connectivity index (χ2v) is 9.00. The molecule has 0 aromatic carbocycles. The summed E-state index contributed by atoms with van der Waals surface area (Å²) in [6.07, 6.45) is 7.22. The smallest absolute Gasteiger partial charge is 0.248 e. The number of ketones is 1. The molecule has 0 unspecified atom stereocenters. The third kappa shape index (κ3) is 5.75. The van der Waals surface area contributed by atoms with E-state index in [1.807, 2.05) is 13.0 Å². The zero-order chi connectivity index (χ0) is 25.0. The molecule has 0 radical (unpaired) electrons. The third-order valence-electron chi connectivity index (χ3n) is 6.49. The van der Waals surface area contributed by atoms with Crippen LogP contribution >= 0.6 is 0 Å². The van der Waals surface area contributed by atoms with E-state index in [1.54, 1.807) is 6.20 Å². The van der Waals surface area contributed by atoms with Crippen LogP contribution in [0, 0.1) is 5.95 Å². The molecule has 1 aliphatic heterocycles. The fraction of sp³-hybridized carbons (Fsp3) is 0.480. The van der Waals surface area contributed by atoms with Gasteiger partial charge in [0.1, 0.15) is 11.6 Å². The molecule has 0 saturated heterocycles. The van der Waals surface area contributed by atoms with Crippen molar-refractivity contribution in [2.75, 3.05) is 17.2 Å². The number of aliphatic hydroxyl groups is 1. The number of halogens is 3. The lowest BCUT2D eigenvalue weighted by Gasteiger charge is -2.29.